The number of rotatable bonds is 5. The second-order valence-electron chi connectivity index (χ2n) is 7.03. The highest BCUT2D eigenvalue weighted by atomic mass is 35.5. The molecule has 0 amide bonds. The summed E-state index contributed by atoms with van der Waals surface area (Å²) < 4.78 is 49.2. The summed E-state index contributed by atoms with van der Waals surface area (Å²) in [4.78, 5) is 11.5. The molecule has 2 aliphatic rings. The van der Waals surface area contributed by atoms with Crippen LogP contribution in [0.3, 0.4) is 0 Å². The summed E-state index contributed by atoms with van der Waals surface area (Å²) >= 11 is 6.21. The van der Waals surface area contributed by atoms with Crippen molar-refractivity contribution in [2.75, 3.05) is 13.2 Å². The van der Waals surface area contributed by atoms with Crippen molar-refractivity contribution in [1.29, 1.82) is 0 Å². The van der Waals surface area contributed by atoms with Crippen LogP contribution in [0.25, 0.3) is 11.2 Å². The number of hydrogen-bond acceptors (Lipinski definition) is 7. The van der Waals surface area contributed by atoms with Crippen LogP contribution >= 0.6 is 11.6 Å². The SMILES string of the molecule is O[C@@H]1COC2[C@H](Oc3nc4nc(OCc5ccc(F)cc5F)c(Cl)cc4[nH]3)CO[C@@H]21. The van der Waals surface area contributed by atoms with E-state index in [0.29, 0.717) is 5.52 Å². The van der Waals surface area contributed by atoms with Crippen molar-refractivity contribution < 1.29 is 32.8 Å². The number of ether oxygens (including phenoxy) is 4. The van der Waals surface area contributed by atoms with Crippen molar-refractivity contribution in [2.45, 2.75) is 31.0 Å². The molecule has 1 unspecified atom stereocenters. The van der Waals surface area contributed by atoms with E-state index in [9.17, 15) is 13.9 Å². The van der Waals surface area contributed by atoms with Gasteiger partial charge in [-0.15, -0.1) is 0 Å². The summed E-state index contributed by atoms with van der Waals surface area (Å²) in [6.45, 7) is 0.275. The van der Waals surface area contributed by atoms with Gasteiger partial charge in [0.25, 0.3) is 6.01 Å². The molecule has 0 bridgehead atoms. The monoisotopic (exact) mass is 439 g/mol. The van der Waals surface area contributed by atoms with Crippen molar-refractivity contribution in [1.82, 2.24) is 15.0 Å². The normalized spacial score (nSPS) is 25.6. The molecule has 4 atom stereocenters. The second-order valence-corrected chi connectivity index (χ2v) is 7.44. The Morgan fingerprint density at radius 3 is 2.83 bits per heavy atom. The number of hydrogen-bond donors (Lipinski definition) is 2. The highest BCUT2D eigenvalue weighted by Gasteiger charge is 2.48. The fraction of sp³-hybridized carbons (Fsp3) is 0.368. The van der Waals surface area contributed by atoms with Gasteiger partial charge in [-0.05, 0) is 18.2 Å². The van der Waals surface area contributed by atoms with Gasteiger partial charge in [0.05, 0.1) is 18.7 Å². The number of pyridine rings is 1. The fourth-order valence-corrected chi connectivity index (χ4v) is 3.72. The molecule has 3 aromatic rings. The number of aromatic nitrogens is 3. The zero-order valence-corrected chi connectivity index (χ0v) is 16.1. The lowest BCUT2D eigenvalue weighted by molar-refractivity contribution is 0.00706. The predicted molar refractivity (Wildman–Crippen MR) is 99.5 cm³/mol. The molecule has 11 heteroatoms. The molecule has 2 saturated heterocycles. The van der Waals surface area contributed by atoms with Crippen LogP contribution < -0.4 is 9.47 Å². The summed E-state index contributed by atoms with van der Waals surface area (Å²) in [5.41, 5.74) is 0.958. The van der Waals surface area contributed by atoms with Crippen molar-refractivity contribution in [3.63, 3.8) is 0 Å². The fourth-order valence-electron chi connectivity index (χ4n) is 3.51. The van der Waals surface area contributed by atoms with Crippen LogP contribution in [0.5, 0.6) is 11.9 Å². The molecule has 5 rings (SSSR count). The summed E-state index contributed by atoms with van der Waals surface area (Å²) in [5.74, 6) is -1.34. The number of nitrogens with one attached hydrogen (secondary N) is 1. The van der Waals surface area contributed by atoms with E-state index in [4.69, 9.17) is 30.5 Å². The highest BCUT2D eigenvalue weighted by molar-refractivity contribution is 6.32. The van der Waals surface area contributed by atoms with Crippen LogP contribution in [-0.4, -0.2) is 57.7 Å². The van der Waals surface area contributed by atoms with Gasteiger partial charge in [-0.2, -0.15) is 9.97 Å². The number of H-pyrrole nitrogens is 1. The summed E-state index contributed by atoms with van der Waals surface area (Å²) in [5, 5.41) is 10.00. The van der Waals surface area contributed by atoms with Crippen LogP contribution in [0.4, 0.5) is 8.78 Å². The molecule has 2 N–H and O–H groups in total. The van der Waals surface area contributed by atoms with Gasteiger partial charge >= 0.3 is 0 Å². The van der Waals surface area contributed by atoms with E-state index in [-0.39, 0.29) is 54.0 Å². The Morgan fingerprint density at radius 2 is 2.00 bits per heavy atom. The van der Waals surface area contributed by atoms with Crippen LogP contribution in [0.1, 0.15) is 5.56 Å². The molecule has 8 nitrogen and oxygen atoms in total. The molecule has 1 aromatic carbocycles. The zero-order valence-electron chi connectivity index (χ0n) is 15.3. The van der Waals surface area contributed by atoms with Crippen molar-refractivity contribution in [3.8, 4) is 11.9 Å². The van der Waals surface area contributed by atoms with E-state index in [1.54, 1.807) is 6.07 Å². The highest BCUT2D eigenvalue weighted by Crippen LogP contribution is 2.31. The number of aliphatic hydroxyl groups is 1. The Bertz CT molecular complexity index is 1100. The third kappa shape index (κ3) is 3.56. The van der Waals surface area contributed by atoms with E-state index in [1.165, 1.54) is 6.07 Å². The minimum absolute atomic E-state index is 0.0532. The molecule has 0 spiro atoms. The third-order valence-corrected chi connectivity index (χ3v) is 5.27. The minimum Gasteiger partial charge on any atom is -0.472 e. The molecule has 2 fully saturated rings. The standard InChI is InChI=1S/C19H16ClF2N3O5/c20-10-4-12-17(24-18(10)29-5-8-1-2-9(21)3-11(8)22)25-19(23-12)30-14-7-28-15-13(26)6-27-16(14)15/h1-4,13-16,26H,5-7H2,(H,23,24,25)/t13-,14-,15-,16?/m1/s1. The molecule has 2 aliphatic heterocycles. The number of fused-ring (bicyclic) bond motifs is 2. The Kier molecular flexibility index (Phi) is 4.94. The largest absolute Gasteiger partial charge is 0.472 e. The topological polar surface area (TPSA) is 98.7 Å². The minimum atomic E-state index is -0.723. The molecule has 158 valence electrons. The van der Waals surface area contributed by atoms with Crippen molar-refractivity contribution in [2.24, 2.45) is 0 Å². The van der Waals surface area contributed by atoms with E-state index >= 15 is 0 Å². The maximum absolute atomic E-state index is 13.8. The number of imidazole rings is 1. The van der Waals surface area contributed by atoms with Crippen molar-refractivity contribution in [3.05, 3.63) is 46.5 Å². The Labute approximate surface area is 173 Å². The molecule has 0 radical (unpaired) electrons. The van der Waals surface area contributed by atoms with Crippen LogP contribution in [0.15, 0.2) is 24.3 Å². The van der Waals surface area contributed by atoms with Gasteiger partial charge in [0.15, 0.2) is 11.8 Å². The van der Waals surface area contributed by atoms with Gasteiger partial charge in [0.2, 0.25) is 5.88 Å². The maximum atomic E-state index is 13.8. The first-order valence-corrected chi connectivity index (χ1v) is 9.56. The third-order valence-electron chi connectivity index (χ3n) is 5.00. The lowest BCUT2D eigenvalue weighted by Crippen LogP contribution is -2.34. The number of aromatic amines is 1. The van der Waals surface area contributed by atoms with E-state index in [0.717, 1.165) is 12.1 Å². The summed E-state index contributed by atoms with van der Waals surface area (Å²) in [6, 6.07) is 4.95. The second kappa shape index (κ2) is 7.62. The summed E-state index contributed by atoms with van der Waals surface area (Å²) in [7, 11) is 0. The quantitative estimate of drug-likeness (QED) is 0.629. The smallest absolute Gasteiger partial charge is 0.296 e. The van der Waals surface area contributed by atoms with E-state index in [1.807, 2.05) is 0 Å². The molecule has 0 aliphatic carbocycles. The zero-order chi connectivity index (χ0) is 20.8. The van der Waals surface area contributed by atoms with Gasteiger partial charge in [-0.25, -0.2) is 8.78 Å². The average Bonchev–Trinajstić information content (AvgIpc) is 3.38. The Balaban J connectivity index is 1.32. The van der Waals surface area contributed by atoms with Crippen LogP contribution in [0.2, 0.25) is 5.02 Å². The van der Waals surface area contributed by atoms with Gasteiger partial charge in [0.1, 0.15) is 41.6 Å². The van der Waals surface area contributed by atoms with Gasteiger partial charge in [-0.1, -0.05) is 11.6 Å². The average molecular weight is 440 g/mol. The van der Waals surface area contributed by atoms with E-state index < -0.39 is 29.9 Å². The number of nitrogens with zero attached hydrogens (tertiary/aromatic N) is 2. The van der Waals surface area contributed by atoms with Gasteiger partial charge in [-0.3, -0.25) is 0 Å². The molecule has 0 saturated carbocycles. The maximum Gasteiger partial charge on any atom is 0.296 e. The van der Waals surface area contributed by atoms with E-state index in [2.05, 4.69) is 15.0 Å². The first-order valence-electron chi connectivity index (χ1n) is 9.19. The summed E-state index contributed by atoms with van der Waals surface area (Å²) in [6.07, 6.45) is -1.90. The molecular weight excluding hydrogens is 424 g/mol. The Morgan fingerprint density at radius 1 is 1.17 bits per heavy atom. The predicted octanol–water partition coefficient (Wildman–Crippen LogP) is 2.37. The van der Waals surface area contributed by atoms with Crippen LogP contribution in [-0.2, 0) is 16.1 Å². The number of benzene rings is 1. The molecule has 4 heterocycles. The number of halogens is 3. The van der Waals surface area contributed by atoms with Crippen LogP contribution in [0, 0.1) is 11.6 Å². The number of aliphatic hydroxyl groups excluding tert-OH is 1. The first kappa shape index (κ1) is 19.4. The van der Waals surface area contributed by atoms with Gasteiger partial charge in [0, 0.05) is 11.6 Å². The lowest BCUT2D eigenvalue weighted by Gasteiger charge is -2.15. The molecule has 2 aromatic heterocycles. The van der Waals surface area contributed by atoms with Crippen molar-refractivity contribution >= 4 is 22.8 Å². The Hall–Kier alpha value is -2.53. The van der Waals surface area contributed by atoms with Gasteiger partial charge < -0.3 is 29.0 Å². The molecule has 30 heavy (non-hydrogen) atoms. The lowest BCUT2D eigenvalue weighted by atomic mass is 10.1. The first-order chi connectivity index (χ1) is 14.5. The molecular formula is C19H16ClF2N3O5.